The van der Waals surface area contributed by atoms with Crippen LogP contribution in [0.3, 0.4) is 0 Å². The Morgan fingerprint density at radius 1 is 1.53 bits per heavy atom. The molecule has 3 N–H and O–H groups in total. The van der Waals surface area contributed by atoms with Crippen LogP contribution in [0.15, 0.2) is 12.2 Å². The summed E-state index contributed by atoms with van der Waals surface area (Å²) in [7, 11) is 0. The molecule has 0 bridgehead atoms. The van der Waals surface area contributed by atoms with Gasteiger partial charge in [0.15, 0.2) is 0 Å². The molecule has 1 aliphatic heterocycles. The number of hydrogen-bond donors (Lipinski definition) is 2. The maximum atomic E-state index is 11.3. The summed E-state index contributed by atoms with van der Waals surface area (Å²) in [6.07, 6.45) is 5.23. The number of carbonyl (C=O) groups excluding carboxylic acids is 2. The molecule has 1 aliphatic rings. The average molecular weight is 212 g/mol. The van der Waals surface area contributed by atoms with Gasteiger partial charge in [0.25, 0.3) is 0 Å². The molecule has 0 aromatic rings. The van der Waals surface area contributed by atoms with Gasteiger partial charge in [-0.15, -0.1) is 0 Å². The Morgan fingerprint density at radius 3 is 2.93 bits per heavy atom. The second-order valence-electron chi connectivity index (χ2n) is 3.41. The van der Waals surface area contributed by atoms with Crippen molar-refractivity contribution >= 4 is 11.9 Å². The molecule has 0 aromatic heterocycles. The molecule has 1 rings (SSSR count). The molecule has 0 aromatic carbocycles. The van der Waals surface area contributed by atoms with Crippen LogP contribution in [0.4, 0.5) is 0 Å². The summed E-state index contributed by atoms with van der Waals surface area (Å²) >= 11 is 0. The Bertz CT molecular complexity index is 257. The number of rotatable bonds is 5. The van der Waals surface area contributed by atoms with Crippen LogP contribution < -0.4 is 11.1 Å². The number of carbonyl (C=O) groups is 2. The van der Waals surface area contributed by atoms with Crippen LogP contribution in [0.5, 0.6) is 0 Å². The van der Waals surface area contributed by atoms with Crippen LogP contribution in [-0.2, 0) is 14.3 Å². The lowest BCUT2D eigenvalue weighted by molar-refractivity contribution is -0.145. The van der Waals surface area contributed by atoms with Gasteiger partial charge in [-0.1, -0.05) is 6.08 Å². The molecule has 5 heteroatoms. The Morgan fingerprint density at radius 2 is 2.33 bits per heavy atom. The average Bonchev–Trinajstić information content (AvgIpc) is 2.69. The third-order valence-electron chi connectivity index (χ3n) is 2.16. The molecule has 84 valence electrons. The summed E-state index contributed by atoms with van der Waals surface area (Å²) in [5.74, 6) is -0.696. The zero-order valence-electron chi connectivity index (χ0n) is 8.57. The van der Waals surface area contributed by atoms with Gasteiger partial charge in [-0.2, -0.15) is 0 Å². The van der Waals surface area contributed by atoms with E-state index in [4.69, 9.17) is 10.5 Å². The van der Waals surface area contributed by atoms with Crippen LogP contribution in [0.2, 0.25) is 0 Å². The SMILES string of the molecule is NC(=O)/C=C/CCOC(=O)[C@H]1CCCN1. The number of hydrogen-bond acceptors (Lipinski definition) is 4. The smallest absolute Gasteiger partial charge is 0.323 e. The molecule has 0 aliphatic carbocycles. The molecule has 0 unspecified atom stereocenters. The maximum Gasteiger partial charge on any atom is 0.323 e. The lowest BCUT2D eigenvalue weighted by Crippen LogP contribution is -2.32. The fraction of sp³-hybridized carbons (Fsp3) is 0.600. The maximum absolute atomic E-state index is 11.3. The number of esters is 1. The first-order chi connectivity index (χ1) is 7.20. The topological polar surface area (TPSA) is 81.4 Å². The minimum absolute atomic E-state index is 0.148. The second-order valence-corrected chi connectivity index (χ2v) is 3.41. The Labute approximate surface area is 88.7 Å². The standard InChI is InChI=1S/C10H16N2O3/c11-9(13)5-1-2-7-15-10(14)8-4-3-6-12-8/h1,5,8,12H,2-4,6-7H2,(H2,11,13)/b5-1+/t8-/m1/s1. The van der Waals surface area contributed by atoms with E-state index >= 15 is 0 Å². The Hall–Kier alpha value is -1.36. The predicted octanol–water partition coefficient (Wildman–Crippen LogP) is -0.287. The number of primary amides is 1. The summed E-state index contributed by atoms with van der Waals surface area (Å²) < 4.78 is 5.00. The highest BCUT2D eigenvalue weighted by molar-refractivity contribution is 5.85. The molecule has 5 nitrogen and oxygen atoms in total. The van der Waals surface area contributed by atoms with E-state index in [0.29, 0.717) is 13.0 Å². The van der Waals surface area contributed by atoms with Crippen molar-refractivity contribution in [2.75, 3.05) is 13.2 Å². The Balaban J connectivity index is 2.09. The molecule has 1 heterocycles. The summed E-state index contributed by atoms with van der Waals surface area (Å²) in [5, 5.41) is 3.05. The minimum atomic E-state index is -0.487. The molecule has 15 heavy (non-hydrogen) atoms. The second kappa shape index (κ2) is 6.19. The highest BCUT2D eigenvalue weighted by Gasteiger charge is 2.22. The fourth-order valence-corrected chi connectivity index (χ4v) is 1.41. The molecule has 1 fully saturated rings. The number of nitrogens with one attached hydrogen (secondary N) is 1. The van der Waals surface area contributed by atoms with Gasteiger partial charge in [0, 0.05) is 6.42 Å². The van der Waals surface area contributed by atoms with Crippen molar-refractivity contribution in [3.63, 3.8) is 0 Å². The number of amides is 1. The van der Waals surface area contributed by atoms with E-state index in [9.17, 15) is 9.59 Å². The van der Waals surface area contributed by atoms with Crippen LogP contribution in [0, 0.1) is 0 Å². The highest BCUT2D eigenvalue weighted by atomic mass is 16.5. The molecule has 1 atom stereocenters. The van der Waals surface area contributed by atoms with E-state index in [1.807, 2.05) is 0 Å². The first-order valence-corrected chi connectivity index (χ1v) is 5.06. The molecule has 1 amide bonds. The van der Waals surface area contributed by atoms with Gasteiger partial charge in [0.2, 0.25) is 5.91 Å². The molecule has 0 spiro atoms. The van der Waals surface area contributed by atoms with Crippen molar-refractivity contribution in [3.05, 3.63) is 12.2 Å². The minimum Gasteiger partial charge on any atom is -0.464 e. The van der Waals surface area contributed by atoms with Crippen LogP contribution in [-0.4, -0.2) is 31.1 Å². The number of nitrogens with two attached hydrogens (primary N) is 1. The van der Waals surface area contributed by atoms with Crippen LogP contribution in [0.25, 0.3) is 0 Å². The van der Waals surface area contributed by atoms with Gasteiger partial charge in [-0.3, -0.25) is 9.59 Å². The van der Waals surface area contributed by atoms with Gasteiger partial charge >= 0.3 is 5.97 Å². The van der Waals surface area contributed by atoms with Crippen LogP contribution >= 0.6 is 0 Å². The monoisotopic (exact) mass is 212 g/mol. The van der Waals surface area contributed by atoms with Crippen molar-refractivity contribution in [2.45, 2.75) is 25.3 Å². The fourth-order valence-electron chi connectivity index (χ4n) is 1.41. The lowest BCUT2D eigenvalue weighted by Gasteiger charge is -2.08. The van der Waals surface area contributed by atoms with Crippen molar-refractivity contribution in [3.8, 4) is 0 Å². The third-order valence-corrected chi connectivity index (χ3v) is 2.16. The summed E-state index contributed by atoms with van der Waals surface area (Å²) in [4.78, 5) is 21.7. The van der Waals surface area contributed by atoms with E-state index < -0.39 is 5.91 Å². The van der Waals surface area contributed by atoms with Gasteiger partial charge in [0.1, 0.15) is 6.04 Å². The summed E-state index contributed by atoms with van der Waals surface area (Å²) in [6.45, 7) is 1.17. The zero-order chi connectivity index (χ0) is 11.1. The predicted molar refractivity (Wildman–Crippen MR) is 54.9 cm³/mol. The first kappa shape index (κ1) is 11.7. The normalized spacial score (nSPS) is 20.7. The van der Waals surface area contributed by atoms with E-state index in [2.05, 4.69) is 5.32 Å². The molecular formula is C10H16N2O3. The Kier molecular flexibility index (Phi) is 4.83. The van der Waals surface area contributed by atoms with Gasteiger partial charge in [-0.25, -0.2) is 0 Å². The van der Waals surface area contributed by atoms with Gasteiger partial charge in [0.05, 0.1) is 6.61 Å². The van der Waals surface area contributed by atoms with Gasteiger partial charge in [-0.05, 0) is 25.5 Å². The van der Waals surface area contributed by atoms with E-state index in [1.54, 1.807) is 6.08 Å². The third kappa shape index (κ3) is 4.60. The van der Waals surface area contributed by atoms with Crippen molar-refractivity contribution in [1.29, 1.82) is 0 Å². The lowest BCUT2D eigenvalue weighted by atomic mass is 10.2. The first-order valence-electron chi connectivity index (χ1n) is 5.06. The van der Waals surface area contributed by atoms with Crippen molar-refractivity contribution < 1.29 is 14.3 Å². The van der Waals surface area contributed by atoms with Gasteiger partial charge < -0.3 is 15.8 Å². The quantitative estimate of drug-likeness (QED) is 0.373. The van der Waals surface area contributed by atoms with E-state index in [0.717, 1.165) is 19.4 Å². The zero-order valence-corrected chi connectivity index (χ0v) is 8.57. The van der Waals surface area contributed by atoms with Crippen LogP contribution in [0.1, 0.15) is 19.3 Å². The highest BCUT2D eigenvalue weighted by Crippen LogP contribution is 2.06. The van der Waals surface area contributed by atoms with Crippen molar-refractivity contribution in [2.24, 2.45) is 5.73 Å². The largest absolute Gasteiger partial charge is 0.464 e. The van der Waals surface area contributed by atoms with E-state index in [1.165, 1.54) is 6.08 Å². The molecule has 0 saturated carbocycles. The molecule has 0 radical (unpaired) electrons. The molecule has 1 saturated heterocycles. The molecular weight excluding hydrogens is 196 g/mol. The summed E-state index contributed by atoms with van der Waals surface area (Å²) in [6, 6.07) is -0.148. The van der Waals surface area contributed by atoms with Crippen molar-refractivity contribution in [1.82, 2.24) is 5.32 Å². The van der Waals surface area contributed by atoms with E-state index in [-0.39, 0.29) is 12.0 Å². The number of ether oxygens (including phenoxy) is 1. The summed E-state index contributed by atoms with van der Waals surface area (Å²) in [5.41, 5.74) is 4.89.